The summed E-state index contributed by atoms with van der Waals surface area (Å²) >= 11 is 0. The molecular formula is C17H32N2O3. The first-order valence-corrected chi connectivity index (χ1v) is 9.15. The molecule has 0 aliphatic carbocycles. The maximum Gasteiger partial charge on any atom is 0.0900 e. The molecule has 0 saturated carbocycles. The fraction of sp³-hybridized carbons (Fsp3) is 1.00. The van der Waals surface area contributed by atoms with Gasteiger partial charge in [0, 0.05) is 25.8 Å². The van der Waals surface area contributed by atoms with Crippen molar-refractivity contribution in [1.82, 2.24) is 9.80 Å². The lowest BCUT2D eigenvalue weighted by Gasteiger charge is -2.37. The minimum absolute atomic E-state index is 0.282. The Morgan fingerprint density at radius 3 is 2.36 bits per heavy atom. The molecule has 0 amide bonds. The molecule has 0 bridgehead atoms. The van der Waals surface area contributed by atoms with Crippen LogP contribution in [0.5, 0.6) is 0 Å². The first-order chi connectivity index (χ1) is 10.8. The molecule has 3 rings (SSSR count). The molecule has 3 heterocycles. The maximum atomic E-state index is 10.2. The maximum absolute atomic E-state index is 10.2. The Bertz CT molecular complexity index is 309. The van der Waals surface area contributed by atoms with Crippen LogP contribution in [0.3, 0.4) is 0 Å². The number of hydrogen-bond donors (Lipinski definition) is 1. The molecule has 0 radical (unpaired) electrons. The Labute approximate surface area is 134 Å². The van der Waals surface area contributed by atoms with Gasteiger partial charge in [-0.2, -0.15) is 0 Å². The minimum Gasteiger partial charge on any atom is -0.389 e. The molecule has 3 aliphatic heterocycles. The van der Waals surface area contributed by atoms with Crippen LogP contribution in [0, 0.1) is 0 Å². The molecular weight excluding hydrogens is 280 g/mol. The van der Waals surface area contributed by atoms with Gasteiger partial charge >= 0.3 is 0 Å². The summed E-state index contributed by atoms with van der Waals surface area (Å²) in [6, 6.07) is 0.786. The third kappa shape index (κ3) is 4.90. The van der Waals surface area contributed by atoms with Crippen molar-refractivity contribution < 1.29 is 14.6 Å². The number of likely N-dealkylation sites (tertiary alicyclic amines) is 2. The third-order valence-electron chi connectivity index (χ3n) is 5.38. The van der Waals surface area contributed by atoms with Crippen LogP contribution in [-0.2, 0) is 9.47 Å². The average Bonchev–Trinajstić information content (AvgIpc) is 3.09. The molecule has 3 saturated heterocycles. The molecule has 3 aliphatic rings. The van der Waals surface area contributed by atoms with Crippen molar-refractivity contribution in [3.05, 3.63) is 0 Å². The van der Waals surface area contributed by atoms with Gasteiger partial charge in [0.25, 0.3) is 0 Å². The molecule has 5 nitrogen and oxygen atoms in total. The summed E-state index contributed by atoms with van der Waals surface area (Å²) in [7, 11) is 0. The number of aliphatic hydroxyl groups is 1. The zero-order valence-electron chi connectivity index (χ0n) is 13.8. The third-order valence-corrected chi connectivity index (χ3v) is 5.38. The van der Waals surface area contributed by atoms with Crippen LogP contribution in [0.4, 0.5) is 0 Å². The van der Waals surface area contributed by atoms with Gasteiger partial charge in [-0.1, -0.05) is 0 Å². The van der Waals surface area contributed by atoms with Crippen molar-refractivity contribution in [2.45, 2.75) is 56.8 Å². The summed E-state index contributed by atoms with van der Waals surface area (Å²) in [6.45, 7) is 7.66. The van der Waals surface area contributed by atoms with Gasteiger partial charge < -0.3 is 24.4 Å². The Kier molecular flexibility index (Phi) is 6.51. The van der Waals surface area contributed by atoms with E-state index >= 15 is 0 Å². The monoisotopic (exact) mass is 312 g/mol. The Hall–Kier alpha value is -0.200. The minimum atomic E-state index is -0.355. The number of nitrogens with zero attached hydrogens (tertiary/aromatic N) is 2. The zero-order valence-corrected chi connectivity index (χ0v) is 13.8. The van der Waals surface area contributed by atoms with E-state index in [0.29, 0.717) is 6.61 Å². The summed E-state index contributed by atoms with van der Waals surface area (Å²) in [6.07, 6.45) is 7.13. The second-order valence-electron chi connectivity index (χ2n) is 7.07. The van der Waals surface area contributed by atoms with Crippen LogP contribution in [0.1, 0.15) is 38.5 Å². The summed E-state index contributed by atoms with van der Waals surface area (Å²) < 4.78 is 11.1. The van der Waals surface area contributed by atoms with Gasteiger partial charge in [0.05, 0.1) is 18.8 Å². The average molecular weight is 312 g/mol. The van der Waals surface area contributed by atoms with E-state index in [-0.39, 0.29) is 12.2 Å². The highest BCUT2D eigenvalue weighted by molar-refractivity contribution is 4.83. The van der Waals surface area contributed by atoms with Crippen molar-refractivity contribution in [3.63, 3.8) is 0 Å². The molecule has 0 aromatic heterocycles. The first kappa shape index (κ1) is 16.7. The normalized spacial score (nSPS) is 28.2. The van der Waals surface area contributed by atoms with Gasteiger partial charge in [-0.15, -0.1) is 0 Å². The van der Waals surface area contributed by atoms with Crippen LogP contribution >= 0.6 is 0 Å². The van der Waals surface area contributed by atoms with E-state index in [1.807, 2.05) is 0 Å². The zero-order chi connectivity index (χ0) is 15.2. The van der Waals surface area contributed by atoms with Crippen molar-refractivity contribution in [3.8, 4) is 0 Å². The van der Waals surface area contributed by atoms with E-state index in [9.17, 15) is 5.11 Å². The van der Waals surface area contributed by atoms with E-state index in [0.717, 1.165) is 51.7 Å². The molecule has 5 heteroatoms. The molecule has 1 unspecified atom stereocenters. The van der Waals surface area contributed by atoms with E-state index in [1.54, 1.807) is 0 Å². The van der Waals surface area contributed by atoms with E-state index in [4.69, 9.17) is 9.47 Å². The van der Waals surface area contributed by atoms with Crippen LogP contribution in [0.2, 0.25) is 0 Å². The second-order valence-corrected chi connectivity index (χ2v) is 7.07. The number of β-amino-alcohol motifs (C(OH)–C–C–N with tert-alkyl or cyclic N) is 1. The van der Waals surface area contributed by atoms with Crippen LogP contribution in [0.25, 0.3) is 0 Å². The lowest BCUT2D eigenvalue weighted by molar-refractivity contribution is -0.0655. The predicted octanol–water partition coefficient (Wildman–Crippen LogP) is 1.10. The standard InChI is InChI=1S/C17H32N2O3/c20-16(14-22-17-5-11-21-12-6-17)13-18-9-3-15(4-10-18)19-7-1-2-8-19/h15-17,20H,1-14H2. The lowest BCUT2D eigenvalue weighted by atomic mass is 10.0. The fourth-order valence-electron chi connectivity index (χ4n) is 4.01. The molecule has 1 atom stereocenters. The van der Waals surface area contributed by atoms with Crippen molar-refractivity contribution in [1.29, 1.82) is 0 Å². The number of ether oxygens (including phenoxy) is 2. The van der Waals surface area contributed by atoms with E-state index < -0.39 is 0 Å². The summed E-state index contributed by atoms with van der Waals surface area (Å²) in [4.78, 5) is 5.08. The van der Waals surface area contributed by atoms with Gasteiger partial charge in [-0.05, 0) is 64.7 Å². The predicted molar refractivity (Wildman–Crippen MR) is 86.1 cm³/mol. The SMILES string of the molecule is OC(COC1CCOCC1)CN1CCC(N2CCCC2)CC1. The smallest absolute Gasteiger partial charge is 0.0900 e. The van der Waals surface area contributed by atoms with Crippen LogP contribution in [0.15, 0.2) is 0 Å². The molecule has 128 valence electrons. The van der Waals surface area contributed by atoms with Crippen LogP contribution in [-0.4, -0.2) is 85.7 Å². The van der Waals surface area contributed by atoms with Crippen molar-refractivity contribution in [2.24, 2.45) is 0 Å². The molecule has 0 spiro atoms. The number of rotatable bonds is 6. The summed E-state index contributed by atoms with van der Waals surface area (Å²) in [5.41, 5.74) is 0. The highest BCUT2D eigenvalue weighted by Gasteiger charge is 2.27. The van der Waals surface area contributed by atoms with E-state index in [2.05, 4.69) is 9.80 Å². The highest BCUT2D eigenvalue weighted by Crippen LogP contribution is 2.21. The van der Waals surface area contributed by atoms with Gasteiger partial charge in [0.2, 0.25) is 0 Å². The molecule has 0 aromatic rings. The highest BCUT2D eigenvalue weighted by atomic mass is 16.5. The second kappa shape index (κ2) is 8.60. The molecule has 22 heavy (non-hydrogen) atoms. The largest absolute Gasteiger partial charge is 0.389 e. The first-order valence-electron chi connectivity index (χ1n) is 9.15. The van der Waals surface area contributed by atoms with Gasteiger partial charge in [-0.25, -0.2) is 0 Å². The number of hydrogen-bond acceptors (Lipinski definition) is 5. The van der Waals surface area contributed by atoms with Crippen molar-refractivity contribution >= 4 is 0 Å². The molecule has 0 aromatic carbocycles. The summed E-state index contributed by atoms with van der Waals surface area (Å²) in [5.74, 6) is 0. The lowest BCUT2D eigenvalue weighted by Crippen LogP contribution is -2.46. The fourth-order valence-corrected chi connectivity index (χ4v) is 4.01. The van der Waals surface area contributed by atoms with Gasteiger partial charge in [0.15, 0.2) is 0 Å². The Morgan fingerprint density at radius 2 is 1.68 bits per heavy atom. The van der Waals surface area contributed by atoms with Gasteiger partial charge in [-0.3, -0.25) is 0 Å². The molecule has 3 fully saturated rings. The topological polar surface area (TPSA) is 45.2 Å². The number of piperidine rings is 1. The van der Waals surface area contributed by atoms with Crippen LogP contribution < -0.4 is 0 Å². The Balaban J connectivity index is 1.30. The quantitative estimate of drug-likeness (QED) is 0.796. The number of aliphatic hydroxyl groups excluding tert-OH is 1. The summed E-state index contributed by atoms with van der Waals surface area (Å²) in [5, 5.41) is 10.2. The Morgan fingerprint density at radius 1 is 1.00 bits per heavy atom. The molecule has 1 N–H and O–H groups in total. The van der Waals surface area contributed by atoms with Gasteiger partial charge in [0.1, 0.15) is 0 Å². The van der Waals surface area contributed by atoms with E-state index in [1.165, 1.54) is 38.8 Å². The van der Waals surface area contributed by atoms with Crippen molar-refractivity contribution in [2.75, 3.05) is 52.5 Å².